The fourth-order valence-electron chi connectivity index (χ4n) is 3.82. The zero-order valence-corrected chi connectivity index (χ0v) is 16.5. The number of halogens is 1. The van der Waals surface area contributed by atoms with E-state index in [9.17, 15) is 4.79 Å². The molecule has 8 heteroatoms. The van der Waals surface area contributed by atoms with E-state index in [1.165, 1.54) is 5.56 Å². The molecule has 3 heterocycles. The second-order valence-electron chi connectivity index (χ2n) is 7.08. The van der Waals surface area contributed by atoms with Gasteiger partial charge in [0.15, 0.2) is 5.82 Å². The lowest BCUT2D eigenvalue weighted by atomic mass is 10.1. The van der Waals surface area contributed by atoms with E-state index >= 15 is 0 Å². The standard InChI is InChI=1S/C19H25N5O2.ClH/c1-3-13-6-4-5-7-15(13)24-12-14(10-17(24)25)19-21-18(22-26-19)16-11-20-8-9-23(16)2;/h4-7,14,16,20H,3,8-12H2,1-2H3;1H. The van der Waals surface area contributed by atoms with E-state index in [4.69, 9.17) is 4.52 Å². The van der Waals surface area contributed by atoms with Crippen LogP contribution in [0.15, 0.2) is 28.8 Å². The van der Waals surface area contributed by atoms with Gasteiger partial charge in [-0.15, -0.1) is 12.4 Å². The Morgan fingerprint density at radius 3 is 2.93 bits per heavy atom. The number of piperazine rings is 1. The molecule has 2 saturated heterocycles. The van der Waals surface area contributed by atoms with Crippen LogP contribution in [0.1, 0.15) is 42.6 Å². The van der Waals surface area contributed by atoms with Crippen LogP contribution in [0.3, 0.4) is 0 Å². The Kier molecular flexibility index (Phi) is 6.14. The molecular weight excluding hydrogens is 366 g/mol. The first kappa shape index (κ1) is 19.8. The number of aromatic nitrogens is 2. The van der Waals surface area contributed by atoms with Crippen LogP contribution in [0, 0.1) is 0 Å². The van der Waals surface area contributed by atoms with Gasteiger partial charge in [0.2, 0.25) is 11.8 Å². The highest BCUT2D eigenvalue weighted by Crippen LogP contribution is 2.33. The maximum absolute atomic E-state index is 12.6. The molecule has 4 rings (SSSR count). The number of nitrogens with one attached hydrogen (secondary N) is 1. The van der Waals surface area contributed by atoms with Crippen LogP contribution in [0.5, 0.6) is 0 Å². The molecule has 146 valence electrons. The van der Waals surface area contributed by atoms with Crippen molar-refractivity contribution < 1.29 is 9.32 Å². The zero-order valence-electron chi connectivity index (χ0n) is 15.7. The van der Waals surface area contributed by atoms with Crippen molar-refractivity contribution in [1.82, 2.24) is 20.4 Å². The average Bonchev–Trinajstić information content (AvgIpc) is 3.29. The van der Waals surface area contributed by atoms with E-state index in [-0.39, 0.29) is 30.3 Å². The van der Waals surface area contributed by atoms with Gasteiger partial charge in [0.05, 0.1) is 12.0 Å². The normalized spacial score (nSPS) is 23.5. The molecule has 2 fully saturated rings. The summed E-state index contributed by atoms with van der Waals surface area (Å²) in [6.45, 7) is 5.44. The third-order valence-electron chi connectivity index (χ3n) is 5.40. The highest BCUT2D eigenvalue weighted by molar-refractivity contribution is 5.97. The number of hydrogen-bond donors (Lipinski definition) is 1. The third-order valence-corrected chi connectivity index (χ3v) is 5.40. The molecule has 0 radical (unpaired) electrons. The summed E-state index contributed by atoms with van der Waals surface area (Å²) < 4.78 is 5.54. The summed E-state index contributed by atoms with van der Waals surface area (Å²) in [5.74, 6) is 1.35. The molecule has 2 aliphatic rings. The summed E-state index contributed by atoms with van der Waals surface area (Å²) in [4.78, 5) is 21.3. The van der Waals surface area contributed by atoms with E-state index in [1.54, 1.807) is 0 Å². The molecule has 1 aromatic heterocycles. The molecule has 27 heavy (non-hydrogen) atoms. The molecule has 2 atom stereocenters. The van der Waals surface area contributed by atoms with Gasteiger partial charge in [0, 0.05) is 38.3 Å². The first-order valence-electron chi connectivity index (χ1n) is 9.30. The van der Waals surface area contributed by atoms with Crippen molar-refractivity contribution in [1.29, 1.82) is 0 Å². The zero-order chi connectivity index (χ0) is 18.1. The number of anilines is 1. The smallest absolute Gasteiger partial charge is 0.232 e. The number of likely N-dealkylation sites (N-methyl/N-ethyl adjacent to an activating group) is 1. The average molecular weight is 392 g/mol. The molecule has 0 spiro atoms. The lowest BCUT2D eigenvalue weighted by molar-refractivity contribution is -0.117. The molecule has 1 N–H and O–H groups in total. The second-order valence-corrected chi connectivity index (χ2v) is 7.08. The fourth-order valence-corrected chi connectivity index (χ4v) is 3.82. The fraction of sp³-hybridized carbons (Fsp3) is 0.526. The molecule has 1 aromatic carbocycles. The van der Waals surface area contributed by atoms with Crippen LogP contribution in [0.25, 0.3) is 0 Å². The number of hydrogen-bond acceptors (Lipinski definition) is 6. The molecule has 2 unspecified atom stereocenters. The molecule has 7 nitrogen and oxygen atoms in total. The van der Waals surface area contributed by atoms with Crippen LogP contribution in [0.4, 0.5) is 5.69 Å². The Morgan fingerprint density at radius 1 is 1.33 bits per heavy atom. The highest BCUT2D eigenvalue weighted by atomic mass is 35.5. The summed E-state index contributed by atoms with van der Waals surface area (Å²) in [5.41, 5.74) is 2.18. The van der Waals surface area contributed by atoms with Gasteiger partial charge in [-0.2, -0.15) is 4.98 Å². The summed E-state index contributed by atoms with van der Waals surface area (Å²) in [5, 5.41) is 7.56. The topological polar surface area (TPSA) is 74.5 Å². The van der Waals surface area contributed by atoms with Crippen LogP contribution in [-0.2, 0) is 11.2 Å². The summed E-state index contributed by atoms with van der Waals surface area (Å²) >= 11 is 0. The molecule has 0 aliphatic carbocycles. The number of aryl methyl sites for hydroxylation is 1. The van der Waals surface area contributed by atoms with Crippen LogP contribution < -0.4 is 10.2 Å². The predicted octanol–water partition coefficient (Wildman–Crippen LogP) is 2.15. The van der Waals surface area contributed by atoms with Gasteiger partial charge in [-0.3, -0.25) is 9.69 Å². The number of carbonyl (C=O) groups excluding carboxylic acids is 1. The van der Waals surface area contributed by atoms with Crippen molar-refractivity contribution in [2.75, 3.05) is 38.1 Å². The minimum Gasteiger partial charge on any atom is -0.339 e. The Morgan fingerprint density at radius 2 is 2.15 bits per heavy atom. The van der Waals surface area contributed by atoms with Crippen molar-refractivity contribution in [2.24, 2.45) is 0 Å². The molecular formula is C19H26ClN5O2. The number of rotatable bonds is 4. The molecule has 0 bridgehead atoms. The summed E-state index contributed by atoms with van der Waals surface area (Å²) in [6, 6.07) is 8.20. The van der Waals surface area contributed by atoms with Crippen molar-refractivity contribution >= 4 is 24.0 Å². The van der Waals surface area contributed by atoms with E-state index in [2.05, 4.69) is 40.4 Å². The van der Waals surface area contributed by atoms with Crippen LogP contribution in [0.2, 0.25) is 0 Å². The van der Waals surface area contributed by atoms with Gasteiger partial charge in [-0.1, -0.05) is 30.3 Å². The Hall–Kier alpha value is -1.96. The predicted molar refractivity (Wildman–Crippen MR) is 105 cm³/mol. The van der Waals surface area contributed by atoms with E-state index in [1.807, 2.05) is 23.1 Å². The van der Waals surface area contributed by atoms with Crippen molar-refractivity contribution in [3.05, 3.63) is 41.5 Å². The Balaban J connectivity index is 0.00000210. The lowest BCUT2D eigenvalue weighted by Gasteiger charge is -2.30. The van der Waals surface area contributed by atoms with Gasteiger partial charge in [0.25, 0.3) is 0 Å². The van der Waals surface area contributed by atoms with Gasteiger partial charge in [-0.05, 0) is 25.1 Å². The van der Waals surface area contributed by atoms with Crippen molar-refractivity contribution in [3.8, 4) is 0 Å². The van der Waals surface area contributed by atoms with Gasteiger partial charge < -0.3 is 14.7 Å². The van der Waals surface area contributed by atoms with Gasteiger partial charge in [0.1, 0.15) is 0 Å². The highest BCUT2D eigenvalue weighted by Gasteiger charge is 2.36. The quantitative estimate of drug-likeness (QED) is 0.860. The summed E-state index contributed by atoms with van der Waals surface area (Å²) in [6.07, 6.45) is 1.31. The Bertz CT molecular complexity index is 796. The lowest BCUT2D eigenvalue weighted by Crippen LogP contribution is -2.44. The maximum Gasteiger partial charge on any atom is 0.232 e. The molecule has 2 aromatic rings. The number of para-hydroxylation sites is 1. The van der Waals surface area contributed by atoms with E-state index in [0.29, 0.717) is 24.7 Å². The minimum atomic E-state index is -0.0458. The van der Waals surface area contributed by atoms with Crippen LogP contribution >= 0.6 is 12.4 Å². The van der Waals surface area contributed by atoms with E-state index in [0.717, 1.165) is 31.7 Å². The second kappa shape index (κ2) is 8.37. The third kappa shape index (κ3) is 3.85. The van der Waals surface area contributed by atoms with Crippen LogP contribution in [-0.4, -0.2) is 54.2 Å². The number of amides is 1. The van der Waals surface area contributed by atoms with E-state index < -0.39 is 0 Å². The monoisotopic (exact) mass is 391 g/mol. The van der Waals surface area contributed by atoms with Gasteiger partial charge >= 0.3 is 0 Å². The SMILES string of the molecule is CCc1ccccc1N1CC(c2nc(C3CNCCN3C)no2)CC1=O.Cl. The van der Waals surface area contributed by atoms with Crippen molar-refractivity contribution in [2.45, 2.75) is 31.7 Å². The number of benzene rings is 1. The Labute approximate surface area is 165 Å². The van der Waals surface area contributed by atoms with Gasteiger partial charge in [-0.25, -0.2) is 0 Å². The largest absolute Gasteiger partial charge is 0.339 e. The number of nitrogens with zero attached hydrogens (tertiary/aromatic N) is 4. The minimum absolute atomic E-state index is 0. The maximum atomic E-state index is 12.6. The van der Waals surface area contributed by atoms with Crippen molar-refractivity contribution in [3.63, 3.8) is 0 Å². The first-order chi connectivity index (χ1) is 12.7. The molecule has 2 aliphatic heterocycles. The number of carbonyl (C=O) groups is 1. The first-order valence-corrected chi connectivity index (χ1v) is 9.30. The molecule has 0 saturated carbocycles. The summed E-state index contributed by atoms with van der Waals surface area (Å²) in [7, 11) is 2.07. The molecule has 1 amide bonds.